The molecule has 0 atom stereocenters. The van der Waals surface area contributed by atoms with E-state index >= 15 is 0 Å². The first-order chi connectivity index (χ1) is 6.40. The van der Waals surface area contributed by atoms with E-state index in [0.29, 0.717) is 16.8 Å². The third kappa shape index (κ3) is 2.87. The molecule has 76 valence electrons. The highest BCUT2D eigenvalue weighted by atomic mass is 19.4. The normalized spacial score (nSPS) is 12.4. The third-order valence-corrected chi connectivity index (χ3v) is 1.73. The second-order valence-electron chi connectivity index (χ2n) is 2.96. The first-order valence-corrected chi connectivity index (χ1v) is 4.01. The molecule has 0 aliphatic heterocycles. The Balaban J connectivity index is 3.03. The van der Waals surface area contributed by atoms with Crippen molar-refractivity contribution in [3.63, 3.8) is 0 Å². The Bertz CT molecular complexity index is 333. The van der Waals surface area contributed by atoms with Gasteiger partial charge in [-0.05, 0) is 0 Å². The summed E-state index contributed by atoms with van der Waals surface area (Å²) in [7, 11) is 0. The van der Waals surface area contributed by atoms with E-state index in [-0.39, 0.29) is 0 Å². The molecule has 0 N–H and O–H groups in total. The molecule has 0 saturated heterocycles. The molecule has 0 heterocycles. The van der Waals surface area contributed by atoms with E-state index in [2.05, 4.69) is 4.99 Å². The molecule has 0 fully saturated rings. The fourth-order valence-electron chi connectivity index (χ4n) is 1.10. The first kappa shape index (κ1) is 10.8. The lowest BCUT2D eigenvalue weighted by Crippen LogP contribution is -2.08. The van der Waals surface area contributed by atoms with E-state index in [1.807, 2.05) is 0 Å². The Hall–Kier alpha value is -1.32. The monoisotopic (exact) mass is 200 g/mol. The molecule has 0 bridgehead atoms. The van der Waals surface area contributed by atoms with Crippen molar-refractivity contribution >= 4 is 11.9 Å². The SMILES string of the molecule is Cc1cccc(C)c1N=[C-]C(F)(F)F. The number of aliphatic imine (C=N–C) groups is 1. The number of nitrogens with zero attached hydrogens (tertiary/aromatic N) is 1. The lowest BCUT2D eigenvalue weighted by atomic mass is 10.1. The van der Waals surface area contributed by atoms with Gasteiger partial charge < -0.3 is 4.99 Å². The van der Waals surface area contributed by atoms with Crippen LogP contribution in [-0.2, 0) is 0 Å². The van der Waals surface area contributed by atoms with Crippen molar-refractivity contribution < 1.29 is 13.2 Å². The van der Waals surface area contributed by atoms with Crippen LogP contribution in [0.15, 0.2) is 23.2 Å². The second kappa shape index (κ2) is 3.82. The highest BCUT2D eigenvalue weighted by Gasteiger charge is 2.15. The van der Waals surface area contributed by atoms with Gasteiger partial charge >= 0.3 is 6.18 Å². The average molecular weight is 200 g/mol. The molecule has 0 spiro atoms. The van der Waals surface area contributed by atoms with Crippen LogP contribution in [0.3, 0.4) is 0 Å². The van der Waals surface area contributed by atoms with Crippen molar-refractivity contribution in [2.75, 3.05) is 0 Å². The molecule has 1 nitrogen and oxygen atoms in total. The number of hydrogen-bond donors (Lipinski definition) is 0. The van der Waals surface area contributed by atoms with Crippen molar-refractivity contribution in [3.8, 4) is 0 Å². The van der Waals surface area contributed by atoms with E-state index < -0.39 is 6.18 Å². The molecule has 4 heteroatoms. The summed E-state index contributed by atoms with van der Waals surface area (Å²) in [5, 5.41) is 0. The Morgan fingerprint density at radius 3 is 2.07 bits per heavy atom. The average Bonchev–Trinajstić information content (AvgIpc) is 2.01. The van der Waals surface area contributed by atoms with Gasteiger partial charge in [0.15, 0.2) is 0 Å². The van der Waals surface area contributed by atoms with Crippen LogP contribution in [0.2, 0.25) is 0 Å². The highest BCUT2D eigenvalue weighted by molar-refractivity contribution is 5.70. The number of alkyl halides is 3. The van der Waals surface area contributed by atoms with Gasteiger partial charge in [0.25, 0.3) is 0 Å². The molecule has 0 aliphatic carbocycles. The van der Waals surface area contributed by atoms with Gasteiger partial charge in [-0.15, -0.1) is 11.1 Å². The van der Waals surface area contributed by atoms with Gasteiger partial charge in [-0.1, -0.05) is 43.9 Å². The molecule has 0 aliphatic rings. The predicted octanol–water partition coefficient (Wildman–Crippen LogP) is 3.45. The van der Waals surface area contributed by atoms with Crippen LogP contribution in [0.25, 0.3) is 0 Å². The van der Waals surface area contributed by atoms with Gasteiger partial charge in [-0.25, -0.2) is 0 Å². The molecule has 1 aromatic rings. The maximum absolute atomic E-state index is 11.8. The zero-order valence-corrected chi connectivity index (χ0v) is 7.81. The standard InChI is InChI=1S/C10H9F3N/c1-7-4-3-5-8(2)9(7)14-6-10(11,12)13/h3-5H,1-2H3/q-1. The number of halogens is 3. The number of para-hydroxylation sites is 1. The summed E-state index contributed by atoms with van der Waals surface area (Å²) in [6.45, 7) is 3.42. The fraction of sp³-hybridized carbons (Fsp3) is 0.300. The quantitative estimate of drug-likeness (QED) is 0.486. The molecular formula is C10H9F3N-. The summed E-state index contributed by atoms with van der Waals surface area (Å²) in [4.78, 5) is 3.30. The molecule has 0 amide bonds. The summed E-state index contributed by atoms with van der Waals surface area (Å²) in [5.74, 6) is 0. The van der Waals surface area contributed by atoms with Crippen LogP contribution in [0.4, 0.5) is 18.9 Å². The maximum Gasteiger partial charge on any atom is 0.350 e. The molecular weight excluding hydrogens is 191 g/mol. The summed E-state index contributed by atoms with van der Waals surface area (Å²) in [6, 6.07) is 5.20. The molecule has 0 saturated carbocycles. The lowest BCUT2D eigenvalue weighted by molar-refractivity contribution is -0.0535. The molecule has 1 aromatic carbocycles. The smallest absolute Gasteiger partial charge is 0.350 e. The van der Waals surface area contributed by atoms with Gasteiger partial charge in [-0.2, -0.15) is 13.2 Å². The fourth-order valence-corrected chi connectivity index (χ4v) is 1.10. The number of rotatable bonds is 1. The molecule has 0 radical (unpaired) electrons. The zero-order chi connectivity index (χ0) is 10.8. The highest BCUT2D eigenvalue weighted by Crippen LogP contribution is 2.24. The number of benzene rings is 1. The Labute approximate surface area is 80.3 Å². The summed E-state index contributed by atoms with van der Waals surface area (Å²) < 4.78 is 35.4. The minimum atomic E-state index is -4.48. The van der Waals surface area contributed by atoms with E-state index in [1.165, 1.54) is 0 Å². The first-order valence-electron chi connectivity index (χ1n) is 4.01. The number of hydrogen-bond acceptors (Lipinski definition) is 1. The van der Waals surface area contributed by atoms with Crippen LogP contribution in [0.5, 0.6) is 0 Å². The Morgan fingerprint density at radius 2 is 1.64 bits per heavy atom. The minimum absolute atomic E-state index is 0.338. The van der Waals surface area contributed by atoms with Crippen LogP contribution in [0.1, 0.15) is 11.1 Å². The van der Waals surface area contributed by atoms with E-state index in [4.69, 9.17) is 0 Å². The Morgan fingerprint density at radius 1 is 1.14 bits per heavy atom. The summed E-state index contributed by atoms with van der Waals surface area (Å²) >= 11 is 0. The second-order valence-corrected chi connectivity index (χ2v) is 2.96. The largest absolute Gasteiger partial charge is 0.447 e. The zero-order valence-electron chi connectivity index (χ0n) is 7.81. The Kier molecular flexibility index (Phi) is 2.93. The lowest BCUT2D eigenvalue weighted by Gasteiger charge is -2.14. The molecule has 1 rings (SSSR count). The maximum atomic E-state index is 11.8. The van der Waals surface area contributed by atoms with E-state index in [0.717, 1.165) is 6.21 Å². The van der Waals surface area contributed by atoms with Crippen LogP contribution in [-0.4, -0.2) is 12.4 Å². The van der Waals surface area contributed by atoms with Gasteiger partial charge in [0.1, 0.15) is 0 Å². The van der Waals surface area contributed by atoms with Crippen molar-refractivity contribution in [2.24, 2.45) is 4.99 Å². The van der Waals surface area contributed by atoms with Crippen LogP contribution < -0.4 is 0 Å². The van der Waals surface area contributed by atoms with Gasteiger partial charge in [0.05, 0.1) is 0 Å². The minimum Gasteiger partial charge on any atom is -0.447 e. The van der Waals surface area contributed by atoms with Crippen molar-refractivity contribution in [1.82, 2.24) is 0 Å². The van der Waals surface area contributed by atoms with Crippen molar-refractivity contribution in [2.45, 2.75) is 20.0 Å². The topological polar surface area (TPSA) is 12.4 Å². The van der Waals surface area contributed by atoms with Crippen molar-refractivity contribution in [1.29, 1.82) is 0 Å². The molecule has 0 aromatic heterocycles. The molecule has 0 unspecified atom stereocenters. The van der Waals surface area contributed by atoms with Gasteiger partial charge in [-0.3, -0.25) is 0 Å². The third-order valence-electron chi connectivity index (χ3n) is 1.73. The summed E-state index contributed by atoms with van der Waals surface area (Å²) in [5.41, 5.74) is 1.76. The summed E-state index contributed by atoms with van der Waals surface area (Å²) in [6.07, 6.45) is -3.33. The van der Waals surface area contributed by atoms with Gasteiger partial charge in [0.2, 0.25) is 0 Å². The molecule has 14 heavy (non-hydrogen) atoms. The van der Waals surface area contributed by atoms with Crippen LogP contribution in [0, 0.1) is 13.8 Å². The van der Waals surface area contributed by atoms with E-state index in [1.54, 1.807) is 32.0 Å². The van der Waals surface area contributed by atoms with Gasteiger partial charge in [0, 0.05) is 0 Å². The van der Waals surface area contributed by atoms with Crippen LogP contribution >= 0.6 is 0 Å². The number of aryl methyl sites for hydroxylation is 2. The predicted molar refractivity (Wildman–Crippen MR) is 49.1 cm³/mol. The van der Waals surface area contributed by atoms with E-state index in [9.17, 15) is 13.2 Å². The van der Waals surface area contributed by atoms with Crippen molar-refractivity contribution in [3.05, 3.63) is 29.3 Å².